The maximum absolute atomic E-state index is 13.7. The van der Waals surface area contributed by atoms with E-state index in [1.54, 1.807) is 19.1 Å². The second-order valence-electron chi connectivity index (χ2n) is 10.9. The fourth-order valence-corrected chi connectivity index (χ4v) is 7.28. The number of hydrogen-bond acceptors (Lipinski definition) is 4. The van der Waals surface area contributed by atoms with E-state index in [0.29, 0.717) is 47.8 Å². The average Bonchev–Trinajstić information content (AvgIpc) is 2.97. The Bertz CT molecular complexity index is 1340. The predicted molar refractivity (Wildman–Crippen MR) is 168 cm³/mol. The van der Waals surface area contributed by atoms with Gasteiger partial charge in [0.25, 0.3) is 0 Å². The number of halogens is 2. The van der Waals surface area contributed by atoms with Gasteiger partial charge in [-0.25, -0.2) is 0 Å². The van der Waals surface area contributed by atoms with Crippen molar-refractivity contribution in [3.63, 3.8) is 0 Å². The minimum atomic E-state index is -0.0899. The van der Waals surface area contributed by atoms with Gasteiger partial charge in [0, 0.05) is 48.3 Å². The van der Waals surface area contributed by atoms with Crippen molar-refractivity contribution >= 4 is 63.2 Å². The summed E-state index contributed by atoms with van der Waals surface area (Å²) in [6.45, 7) is 6.61. The van der Waals surface area contributed by atoms with Gasteiger partial charge in [-0.1, -0.05) is 53.5 Å². The standard InChI is InChI=1S/C32H37Cl2N3O2S/c1-23(38)36-19-11-25(12-20-36)32(39)37(27-8-10-30(33)31(34)22-27)16-4-15-35-17-13-28(14-18-35)40-29-9-7-24-5-2-3-6-26(24)21-29/h2-3,5-10,21-22,25,28H,4,11-20H2,1H3. The molecule has 0 aromatic heterocycles. The van der Waals surface area contributed by atoms with Gasteiger partial charge in [-0.05, 0) is 92.8 Å². The van der Waals surface area contributed by atoms with E-state index < -0.39 is 0 Å². The normalized spacial score (nSPS) is 17.3. The number of rotatable bonds is 8. The number of carbonyl (C=O) groups excluding carboxylic acids is 2. The molecule has 40 heavy (non-hydrogen) atoms. The number of likely N-dealkylation sites (tertiary alicyclic amines) is 2. The summed E-state index contributed by atoms with van der Waals surface area (Å²) in [6, 6.07) is 20.7. The van der Waals surface area contributed by atoms with Crippen molar-refractivity contribution in [2.24, 2.45) is 5.92 Å². The van der Waals surface area contributed by atoms with Crippen LogP contribution in [0.3, 0.4) is 0 Å². The first-order valence-electron chi connectivity index (χ1n) is 14.3. The molecule has 3 aromatic rings. The van der Waals surface area contributed by atoms with E-state index in [2.05, 4.69) is 47.4 Å². The molecule has 5 rings (SSSR count). The van der Waals surface area contributed by atoms with Crippen molar-refractivity contribution in [2.45, 2.75) is 49.2 Å². The van der Waals surface area contributed by atoms with Crippen LogP contribution in [0.2, 0.25) is 10.0 Å². The molecule has 5 nitrogen and oxygen atoms in total. The Morgan fingerprint density at radius 1 is 0.875 bits per heavy atom. The van der Waals surface area contributed by atoms with E-state index in [9.17, 15) is 9.59 Å². The summed E-state index contributed by atoms with van der Waals surface area (Å²) in [5.74, 6) is 0.103. The van der Waals surface area contributed by atoms with Crippen LogP contribution in [0.5, 0.6) is 0 Å². The first kappa shape index (κ1) is 29.2. The first-order valence-corrected chi connectivity index (χ1v) is 15.9. The molecule has 212 valence electrons. The van der Waals surface area contributed by atoms with Crippen molar-refractivity contribution in [3.05, 3.63) is 70.7 Å². The Kier molecular flexibility index (Phi) is 9.95. The van der Waals surface area contributed by atoms with Gasteiger partial charge in [0.2, 0.25) is 11.8 Å². The first-order chi connectivity index (χ1) is 19.4. The Labute approximate surface area is 251 Å². The second kappa shape index (κ2) is 13.6. The van der Waals surface area contributed by atoms with Crippen LogP contribution in [-0.4, -0.2) is 66.1 Å². The Morgan fingerprint density at radius 2 is 1.60 bits per heavy atom. The van der Waals surface area contributed by atoms with E-state index >= 15 is 0 Å². The third-order valence-corrected chi connectivity index (χ3v) is 10.3. The molecule has 2 fully saturated rings. The summed E-state index contributed by atoms with van der Waals surface area (Å²) in [7, 11) is 0. The van der Waals surface area contributed by atoms with Crippen LogP contribution in [0.15, 0.2) is 65.6 Å². The molecule has 8 heteroatoms. The second-order valence-corrected chi connectivity index (χ2v) is 13.1. The maximum atomic E-state index is 13.7. The summed E-state index contributed by atoms with van der Waals surface area (Å²) in [5.41, 5.74) is 0.791. The van der Waals surface area contributed by atoms with Crippen LogP contribution in [0.25, 0.3) is 10.8 Å². The SMILES string of the molecule is CC(=O)N1CCC(C(=O)N(CCCN2CCC(Sc3ccc4ccccc4c3)CC2)c2ccc(Cl)c(Cl)c2)CC1. The molecule has 0 aliphatic carbocycles. The molecule has 0 N–H and O–H groups in total. The number of benzene rings is 3. The maximum Gasteiger partial charge on any atom is 0.230 e. The number of amides is 2. The van der Waals surface area contributed by atoms with E-state index in [4.69, 9.17) is 23.2 Å². The lowest BCUT2D eigenvalue weighted by Crippen LogP contribution is -2.45. The summed E-state index contributed by atoms with van der Waals surface area (Å²) >= 11 is 14.5. The molecule has 2 aliphatic heterocycles. The molecule has 0 unspecified atom stereocenters. The van der Waals surface area contributed by atoms with Crippen molar-refractivity contribution < 1.29 is 9.59 Å². The zero-order valence-corrected chi connectivity index (χ0v) is 25.4. The van der Waals surface area contributed by atoms with Crippen LogP contribution in [-0.2, 0) is 9.59 Å². The monoisotopic (exact) mass is 597 g/mol. The highest BCUT2D eigenvalue weighted by Crippen LogP contribution is 2.33. The molecule has 0 atom stereocenters. The molecule has 0 bridgehead atoms. The van der Waals surface area contributed by atoms with Crippen LogP contribution in [0, 0.1) is 5.92 Å². The lowest BCUT2D eigenvalue weighted by Gasteiger charge is -2.35. The Morgan fingerprint density at radius 3 is 2.30 bits per heavy atom. The van der Waals surface area contributed by atoms with Crippen molar-refractivity contribution in [3.8, 4) is 0 Å². The molecule has 0 spiro atoms. The molecule has 3 aromatic carbocycles. The summed E-state index contributed by atoms with van der Waals surface area (Å²) in [4.78, 5) is 33.0. The van der Waals surface area contributed by atoms with Crippen molar-refractivity contribution in [1.82, 2.24) is 9.80 Å². The lowest BCUT2D eigenvalue weighted by molar-refractivity contribution is -0.133. The molecular weight excluding hydrogens is 561 g/mol. The minimum Gasteiger partial charge on any atom is -0.343 e. The molecule has 2 saturated heterocycles. The lowest BCUT2D eigenvalue weighted by atomic mass is 9.94. The largest absolute Gasteiger partial charge is 0.343 e. The number of thioether (sulfide) groups is 1. The van der Waals surface area contributed by atoms with Crippen LogP contribution < -0.4 is 4.90 Å². The van der Waals surface area contributed by atoms with Gasteiger partial charge in [0.1, 0.15) is 0 Å². The number of fused-ring (bicyclic) bond motifs is 1. The average molecular weight is 599 g/mol. The Hall–Kier alpha value is -2.25. The van der Waals surface area contributed by atoms with E-state index in [0.717, 1.165) is 31.7 Å². The zero-order valence-electron chi connectivity index (χ0n) is 23.0. The third-order valence-electron chi connectivity index (χ3n) is 8.18. The van der Waals surface area contributed by atoms with E-state index in [1.165, 1.54) is 28.5 Å². The highest BCUT2D eigenvalue weighted by Gasteiger charge is 2.30. The van der Waals surface area contributed by atoms with Gasteiger partial charge in [0.15, 0.2) is 0 Å². The van der Waals surface area contributed by atoms with Crippen molar-refractivity contribution in [1.29, 1.82) is 0 Å². The van der Waals surface area contributed by atoms with E-state index in [1.807, 2.05) is 27.6 Å². The molecule has 2 amide bonds. The fraction of sp³-hybridized carbons (Fsp3) is 0.438. The zero-order chi connectivity index (χ0) is 28.1. The van der Waals surface area contributed by atoms with Crippen LogP contribution in [0.4, 0.5) is 5.69 Å². The van der Waals surface area contributed by atoms with Gasteiger partial charge in [-0.2, -0.15) is 0 Å². The van der Waals surface area contributed by atoms with Gasteiger partial charge in [-0.3, -0.25) is 9.59 Å². The summed E-state index contributed by atoms with van der Waals surface area (Å²) < 4.78 is 0. The minimum absolute atomic E-state index is 0.0756. The quantitative estimate of drug-likeness (QED) is 0.271. The summed E-state index contributed by atoms with van der Waals surface area (Å²) in [6.07, 6.45) is 4.61. The van der Waals surface area contributed by atoms with E-state index in [-0.39, 0.29) is 17.7 Å². The van der Waals surface area contributed by atoms with Crippen LogP contribution in [0.1, 0.15) is 39.0 Å². The molecular formula is C32H37Cl2N3O2S. The number of piperidine rings is 2. The van der Waals surface area contributed by atoms with Gasteiger partial charge in [0.05, 0.1) is 10.0 Å². The third kappa shape index (κ3) is 7.33. The molecule has 2 aliphatic rings. The van der Waals surface area contributed by atoms with Gasteiger partial charge >= 0.3 is 0 Å². The smallest absolute Gasteiger partial charge is 0.230 e. The number of anilines is 1. The van der Waals surface area contributed by atoms with Crippen molar-refractivity contribution in [2.75, 3.05) is 44.2 Å². The predicted octanol–water partition coefficient (Wildman–Crippen LogP) is 7.38. The molecule has 0 radical (unpaired) electrons. The fourth-order valence-electron chi connectivity index (χ4n) is 5.82. The number of nitrogens with zero attached hydrogens (tertiary/aromatic N) is 3. The topological polar surface area (TPSA) is 43.9 Å². The number of hydrogen-bond donors (Lipinski definition) is 0. The molecule has 0 saturated carbocycles. The Balaban J connectivity index is 1.14. The van der Waals surface area contributed by atoms with Crippen LogP contribution >= 0.6 is 35.0 Å². The molecule has 2 heterocycles. The highest BCUT2D eigenvalue weighted by atomic mass is 35.5. The summed E-state index contributed by atoms with van der Waals surface area (Å²) in [5, 5.41) is 4.16. The number of carbonyl (C=O) groups is 2. The van der Waals surface area contributed by atoms with Gasteiger partial charge in [-0.15, -0.1) is 11.8 Å². The van der Waals surface area contributed by atoms with Gasteiger partial charge < -0.3 is 14.7 Å². The highest BCUT2D eigenvalue weighted by molar-refractivity contribution is 8.00.